The van der Waals surface area contributed by atoms with Crippen molar-refractivity contribution in [1.29, 1.82) is 0 Å². The molecule has 2 aromatic carbocycles. The van der Waals surface area contributed by atoms with Crippen LogP contribution in [-0.4, -0.2) is 43.2 Å². The second-order valence-corrected chi connectivity index (χ2v) is 8.18. The third-order valence-corrected chi connectivity index (χ3v) is 4.65. The van der Waals surface area contributed by atoms with Crippen molar-refractivity contribution in [2.45, 2.75) is 57.5 Å². The molecule has 0 saturated carbocycles. The van der Waals surface area contributed by atoms with Crippen LogP contribution < -0.4 is 10.1 Å². The molecule has 1 unspecified atom stereocenters. The highest BCUT2D eigenvalue weighted by molar-refractivity contribution is 5.82. The number of hydrogen-bond acceptors (Lipinski definition) is 6. The molecule has 0 aliphatic rings. The minimum Gasteiger partial charge on any atom is -0.458 e. The summed E-state index contributed by atoms with van der Waals surface area (Å²) in [7, 11) is 1.46. The van der Waals surface area contributed by atoms with E-state index in [4.69, 9.17) is 9.47 Å². The zero-order chi connectivity index (χ0) is 25.4. The Bertz CT molecular complexity index is 927. The molecule has 186 valence electrons. The molecular formula is C24H27F4NO5. The Morgan fingerprint density at radius 1 is 0.912 bits per heavy atom. The first-order valence-corrected chi connectivity index (χ1v) is 10.5. The van der Waals surface area contributed by atoms with Crippen molar-refractivity contribution in [3.05, 3.63) is 65.7 Å². The predicted octanol–water partition coefficient (Wildman–Crippen LogP) is 4.51. The van der Waals surface area contributed by atoms with Crippen LogP contribution in [0.5, 0.6) is 5.75 Å². The highest BCUT2D eigenvalue weighted by Crippen LogP contribution is 2.24. The fourth-order valence-corrected chi connectivity index (χ4v) is 3.05. The first kappa shape index (κ1) is 27.1. The van der Waals surface area contributed by atoms with E-state index in [1.165, 1.54) is 33.0 Å². The van der Waals surface area contributed by atoms with Gasteiger partial charge in [-0.2, -0.15) is 0 Å². The number of alkyl halides is 4. The lowest BCUT2D eigenvalue weighted by molar-refractivity contribution is -0.274. The van der Waals surface area contributed by atoms with Gasteiger partial charge in [0.1, 0.15) is 24.1 Å². The summed E-state index contributed by atoms with van der Waals surface area (Å²) in [5, 5.41) is 2.66. The highest BCUT2D eigenvalue weighted by Gasteiger charge is 2.33. The number of rotatable bonds is 11. The van der Waals surface area contributed by atoms with E-state index in [2.05, 4.69) is 10.1 Å². The Labute approximate surface area is 195 Å². The summed E-state index contributed by atoms with van der Waals surface area (Å²) in [6, 6.07) is 12.6. The van der Waals surface area contributed by atoms with Gasteiger partial charge in [-0.1, -0.05) is 42.5 Å². The van der Waals surface area contributed by atoms with Crippen molar-refractivity contribution in [3.8, 4) is 5.75 Å². The van der Waals surface area contributed by atoms with Gasteiger partial charge in [-0.15, -0.1) is 13.2 Å². The Hall–Kier alpha value is -3.14. The van der Waals surface area contributed by atoms with E-state index in [1.807, 2.05) is 0 Å². The molecule has 0 aromatic heterocycles. The van der Waals surface area contributed by atoms with Crippen LogP contribution in [0.15, 0.2) is 54.6 Å². The number of benzene rings is 2. The third kappa shape index (κ3) is 9.78. The summed E-state index contributed by atoms with van der Waals surface area (Å²) in [6.45, 7) is 2.54. The fourth-order valence-electron chi connectivity index (χ4n) is 3.05. The molecule has 0 aliphatic carbocycles. The second-order valence-electron chi connectivity index (χ2n) is 8.18. The van der Waals surface area contributed by atoms with Crippen LogP contribution >= 0.6 is 0 Å². The maximum atomic E-state index is 14.1. The van der Waals surface area contributed by atoms with Crippen molar-refractivity contribution < 1.29 is 41.4 Å². The largest absolute Gasteiger partial charge is 0.573 e. The van der Waals surface area contributed by atoms with Gasteiger partial charge in [0.05, 0.1) is 0 Å². The molecule has 0 radical (unpaired) electrons. The molecule has 0 spiro atoms. The average Bonchev–Trinajstić information content (AvgIpc) is 2.75. The molecule has 10 heteroatoms. The maximum Gasteiger partial charge on any atom is 0.573 e. The Morgan fingerprint density at radius 3 is 2.06 bits per heavy atom. The number of ether oxygens (including phenoxy) is 3. The quantitative estimate of drug-likeness (QED) is 0.373. The van der Waals surface area contributed by atoms with Gasteiger partial charge in [0.2, 0.25) is 6.10 Å². The van der Waals surface area contributed by atoms with Crippen molar-refractivity contribution in [3.63, 3.8) is 0 Å². The molecule has 2 atom stereocenters. The Kier molecular flexibility index (Phi) is 9.43. The summed E-state index contributed by atoms with van der Waals surface area (Å²) in [4.78, 5) is 25.4. The number of hydrogen-bond donors (Lipinski definition) is 1. The third-order valence-electron chi connectivity index (χ3n) is 4.65. The lowest BCUT2D eigenvalue weighted by atomic mass is 10.0. The van der Waals surface area contributed by atoms with Crippen LogP contribution in [0.4, 0.5) is 17.6 Å². The summed E-state index contributed by atoms with van der Waals surface area (Å²) >= 11 is 0. The van der Waals surface area contributed by atoms with Gasteiger partial charge in [0, 0.05) is 12.8 Å². The van der Waals surface area contributed by atoms with Gasteiger partial charge < -0.3 is 19.5 Å². The van der Waals surface area contributed by atoms with Crippen LogP contribution in [0.2, 0.25) is 0 Å². The van der Waals surface area contributed by atoms with Gasteiger partial charge in [-0.3, -0.25) is 4.79 Å². The monoisotopic (exact) mass is 485 g/mol. The van der Waals surface area contributed by atoms with Gasteiger partial charge >= 0.3 is 18.3 Å². The SMILES string of the molecule is CNC(CC(C)(C)F)C(=O)O[C@H](Cc1ccc(OC(F)(F)F)cc1)C(=O)OCc1ccccc1. The molecule has 0 aliphatic heterocycles. The fraction of sp³-hybridized carbons (Fsp3) is 0.417. The lowest BCUT2D eigenvalue weighted by Crippen LogP contribution is -2.43. The van der Waals surface area contributed by atoms with E-state index in [0.29, 0.717) is 11.1 Å². The average molecular weight is 485 g/mol. The Morgan fingerprint density at radius 2 is 1.53 bits per heavy atom. The summed E-state index contributed by atoms with van der Waals surface area (Å²) < 4.78 is 65.7. The first-order chi connectivity index (χ1) is 15.9. The zero-order valence-electron chi connectivity index (χ0n) is 19.0. The molecule has 6 nitrogen and oxygen atoms in total. The van der Waals surface area contributed by atoms with Crippen LogP contribution in [0.25, 0.3) is 0 Å². The minimum atomic E-state index is -4.84. The van der Waals surface area contributed by atoms with E-state index in [0.717, 1.165) is 12.1 Å². The smallest absolute Gasteiger partial charge is 0.458 e. The zero-order valence-corrected chi connectivity index (χ0v) is 19.0. The van der Waals surface area contributed by atoms with Crippen molar-refractivity contribution in [1.82, 2.24) is 5.32 Å². The van der Waals surface area contributed by atoms with Gasteiger partial charge in [-0.25, -0.2) is 9.18 Å². The van der Waals surface area contributed by atoms with Gasteiger partial charge in [0.15, 0.2) is 0 Å². The lowest BCUT2D eigenvalue weighted by Gasteiger charge is -2.24. The van der Waals surface area contributed by atoms with Crippen LogP contribution in [0.3, 0.4) is 0 Å². The van der Waals surface area contributed by atoms with Crippen molar-refractivity contribution >= 4 is 11.9 Å². The molecule has 2 aromatic rings. The Balaban J connectivity index is 2.15. The van der Waals surface area contributed by atoms with Crippen molar-refractivity contribution in [2.24, 2.45) is 0 Å². The van der Waals surface area contributed by atoms with E-state index >= 15 is 0 Å². The van der Waals surface area contributed by atoms with Gasteiger partial charge in [-0.05, 0) is 44.2 Å². The van der Waals surface area contributed by atoms with Crippen molar-refractivity contribution in [2.75, 3.05) is 7.05 Å². The van der Waals surface area contributed by atoms with E-state index < -0.39 is 41.9 Å². The molecule has 2 rings (SSSR count). The van der Waals surface area contributed by atoms with Crippen LogP contribution in [0.1, 0.15) is 31.4 Å². The van der Waals surface area contributed by atoms with Gasteiger partial charge in [0.25, 0.3) is 0 Å². The normalized spacial score (nSPS) is 13.6. The number of likely N-dealkylation sites (N-methyl/N-ethyl adjacent to an activating group) is 1. The predicted molar refractivity (Wildman–Crippen MR) is 116 cm³/mol. The molecule has 0 heterocycles. The molecule has 1 N–H and O–H groups in total. The number of carbonyl (C=O) groups is 2. The number of esters is 2. The number of halogens is 4. The summed E-state index contributed by atoms with van der Waals surface area (Å²) in [5.41, 5.74) is -0.567. The molecule has 0 bridgehead atoms. The molecule has 0 amide bonds. The molecule has 34 heavy (non-hydrogen) atoms. The first-order valence-electron chi connectivity index (χ1n) is 10.5. The van der Waals surface area contributed by atoms with Crippen LogP contribution in [-0.2, 0) is 32.1 Å². The topological polar surface area (TPSA) is 73.9 Å². The summed E-state index contributed by atoms with van der Waals surface area (Å²) in [6.07, 6.45) is -6.60. The van der Waals surface area contributed by atoms with Crippen LogP contribution in [0, 0.1) is 0 Å². The molecule has 0 saturated heterocycles. The van der Waals surface area contributed by atoms with E-state index in [-0.39, 0.29) is 19.4 Å². The highest BCUT2D eigenvalue weighted by atomic mass is 19.4. The molecule has 0 fully saturated rings. The number of nitrogens with one attached hydrogen (secondary N) is 1. The standard InChI is InChI=1S/C24H27F4NO5/c1-23(2,25)14-19(29-3)21(30)33-20(22(31)32-15-17-7-5-4-6-8-17)13-16-9-11-18(12-10-16)34-24(26,27)28/h4-12,19-20,29H,13-15H2,1-3H3/t19?,20-/m1/s1. The summed E-state index contributed by atoms with van der Waals surface area (Å²) in [5.74, 6) is -2.13. The van der Waals surface area contributed by atoms with E-state index in [9.17, 15) is 27.2 Å². The number of carbonyl (C=O) groups excluding carboxylic acids is 2. The second kappa shape index (κ2) is 11.8. The van der Waals surface area contributed by atoms with E-state index in [1.54, 1.807) is 30.3 Å². The minimum absolute atomic E-state index is 0.0704. The maximum absolute atomic E-state index is 14.1. The molecular weight excluding hydrogens is 458 g/mol.